The molecular formula is C12H23N3O. The van der Waals surface area contributed by atoms with Gasteiger partial charge in [0.15, 0.2) is 0 Å². The molecule has 2 saturated heterocycles. The Hall–Kier alpha value is -0.610. The highest BCUT2D eigenvalue weighted by Gasteiger charge is 2.29. The Morgan fingerprint density at radius 3 is 2.75 bits per heavy atom. The van der Waals surface area contributed by atoms with Crippen LogP contribution in [0, 0.1) is 11.8 Å². The molecule has 0 spiro atoms. The van der Waals surface area contributed by atoms with Crippen molar-refractivity contribution in [3.63, 3.8) is 0 Å². The number of likely N-dealkylation sites (tertiary alicyclic amines) is 1. The summed E-state index contributed by atoms with van der Waals surface area (Å²) in [5.41, 5.74) is 0. The molecule has 2 aliphatic heterocycles. The highest BCUT2D eigenvalue weighted by molar-refractivity contribution is 5.79. The van der Waals surface area contributed by atoms with Gasteiger partial charge in [0.1, 0.15) is 0 Å². The van der Waals surface area contributed by atoms with Gasteiger partial charge >= 0.3 is 0 Å². The third-order valence-electron chi connectivity index (χ3n) is 3.78. The van der Waals surface area contributed by atoms with E-state index in [9.17, 15) is 4.79 Å². The topological polar surface area (TPSA) is 44.4 Å². The number of nitrogens with one attached hydrogen (secondary N) is 2. The van der Waals surface area contributed by atoms with Crippen molar-refractivity contribution in [3.8, 4) is 0 Å². The first kappa shape index (κ1) is 11.9. The number of amides is 1. The summed E-state index contributed by atoms with van der Waals surface area (Å²) in [5.74, 6) is 0.891. The van der Waals surface area contributed by atoms with Crippen molar-refractivity contribution in [2.24, 2.45) is 11.8 Å². The van der Waals surface area contributed by atoms with Gasteiger partial charge in [-0.25, -0.2) is 0 Å². The standard InChI is InChI=1S/C12H23N3O/c1-10-8-13-9-11(10)12(16)14-4-7-15-5-2-3-6-15/h10-11,13H,2-9H2,1H3,(H,14,16)/t10-,11-/m1/s1. The van der Waals surface area contributed by atoms with Crippen LogP contribution >= 0.6 is 0 Å². The van der Waals surface area contributed by atoms with Crippen molar-refractivity contribution in [1.82, 2.24) is 15.5 Å². The van der Waals surface area contributed by atoms with Gasteiger partial charge in [-0.1, -0.05) is 6.92 Å². The lowest BCUT2D eigenvalue weighted by atomic mass is 9.97. The van der Waals surface area contributed by atoms with Gasteiger partial charge in [-0.15, -0.1) is 0 Å². The van der Waals surface area contributed by atoms with Crippen LogP contribution in [-0.2, 0) is 4.79 Å². The van der Waals surface area contributed by atoms with Crippen molar-refractivity contribution in [2.75, 3.05) is 39.3 Å². The van der Waals surface area contributed by atoms with E-state index in [0.29, 0.717) is 5.92 Å². The average molecular weight is 225 g/mol. The smallest absolute Gasteiger partial charge is 0.224 e. The number of rotatable bonds is 4. The van der Waals surface area contributed by atoms with E-state index in [1.807, 2.05) is 0 Å². The molecule has 2 atom stereocenters. The SMILES string of the molecule is C[C@@H]1CNC[C@H]1C(=O)NCCN1CCCC1. The molecule has 1 amide bonds. The van der Waals surface area contributed by atoms with Gasteiger partial charge in [-0.3, -0.25) is 4.79 Å². The second-order valence-corrected chi connectivity index (χ2v) is 5.08. The Labute approximate surface area is 97.8 Å². The lowest BCUT2D eigenvalue weighted by molar-refractivity contribution is -0.125. The van der Waals surface area contributed by atoms with E-state index < -0.39 is 0 Å². The zero-order valence-corrected chi connectivity index (χ0v) is 10.2. The predicted octanol–water partition coefficient (Wildman–Crippen LogP) is 0.0539. The zero-order chi connectivity index (χ0) is 11.4. The molecule has 0 bridgehead atoms. The minimum absolute atomic E-state index is 0.179. The fraction of sp³-hybridized carbons (Fsp3) is 0.917. The molecule has 2 rings (SSSR count). The van der Waals surface area contributed by atoms with Gasteiger partial charge < -0.3 is 15.5 Å². The zero-order valence-electron chi connectivity index (χ0n) is 10.2. The first-order valence-corrected chi connectivity index (χ1v) is 6.48. The maximum atomic E-state index is 11.9. The van der Waals surface area contributed by atoms with Crippen LogP contribution in [0.2, 0.25) is 0 Å². The van der Waals surface area contributed by atoms with Crippen LogP contribution < -0.4 is 10.6 Å². The number of hydrogen-bond donors (Lipinski definition) is 2. The molecule has 16 heavy (non-hydrogen) atoms. The Balaban J connectivity index is 1.63. The van der Waals surface area contributed by atoms with Crippen LogP contribution in [-0.4, -0.2) is 50.1 Å². The predicted molar refractivity (Wildman–Crippen MR) is 64.2 cm³/mol. The fourth-order valence-electron chi connectivity index (χ4n) is 2.64. The van der Waals surface area contributed by atoms with Crippen molar-refractivity contribution in [2.45, 2.75) is 19.8 Å². The molecular weight excluding hydrogens is 202 g/mol. The fourth-order valence-corrected chi connectivity index (χ4v) is 2.64. The number of carbonyl (C=O) groups is 1. The van der Waals surface area contributed by atoms with Crippen molar-refractivity contribution in [3.05, 3.63) is 0 Å². The maximum Gasteiger partial charge on any atom is 0.224 e. The van der Waals surface area contributed by atoms with E-state index in [2.05, 4.69) is 22.5 Å². The lowest BCUT2D eigenvalue weighted by Crippen LogP contribution is -2.38. The molecule has 0 aromatic rings. The molecule has 92 valence electrons. The Kier molecular flexibility index (Phi) is 4.18. The lowest BCUT2D eigenvalue weighted by Gasteiger charge is -2.17. The minimum atomic E-state index is 0.179. The highest BCUT2D eigenvalue weighted by atomic mass is 16.1. The van der Waals surface area contributed by atoms with Crippen LogP contribution in [0.1, 0.15) is 19.8 Å². The summed E-state index contributed by atoms with van der Waals surface area (Å²) in [6, 6.07) is 0. The molecule has 2 fully saturated rings. The van der Waals surface area contributed by atoms with E-state index in [0.717, 1.165) is 26.2 Å². The van der Waals surface area contributed by atoms with Gasteiger partial charge in [0, 0.05) is 19.6 Å². The summed E-state index contributed by atoms with van der Waals surface area (Å²) in [6.45, 7) is 8.20. The minimum Gasteiger partial charge on any atom is -0.355 e. The molecule has 0 saturated carbocycles. The maximum absolute atomic E-state index is 11.9. The summed E-state index contributed by atoms with van der Waals surface area (Å²) in [7, 11) is 0. The normalized spacial score (nSPS) is 30.8. The molecule has 0 aromatic heterocycles. The van der Waals surface area contributed by atoms with Crippen molar-refractivity contribution >= 4 is 5.91 Å². The van der Waals surface area contributed by atoms with Crippen molar-refractivity contribution in [1.29, 1.82) is 0 Å². The second-order valence-electron chi connectivity index (χ2n) is 5.08. The summed E-state index contributed by atoms with van der Waals surface area (Å²) < 4.78 is 0. The van der Waals surface area contributed by atoms with E-state index in [1.165, 1.54) is 25.9 Å². The van der Waals surface area contributed by atoms with Gasteiger partial charge in [-0.05, 0) is 38.4 Å². The molecule has 2 N–H and O–H groups in total. The molecule has 0 unspecified atom stereocenters. The quantitative estimate of drug-likeness (QED) is 0.711. The van der Waals surface area contributed by atoms with Crippen molar-refractivity contribution < 1.29 is 4.79 Å². The van der Waals surface area contributed by atoms with Gasteiger partial charge in [0.05, 0.1) is 5.92 Å². The van der Waals surface area contributed by atoms with Crippen LogP contribution in [0.5, 0.6) is 0 Å². The summed E-state index contributed by atoms with van der Waals surface area (Å²) in [4.78, 5) is 14.3. The number of carbonyl (C=O) groups excluding carboxylic acids is 1. The van der Waals surface area contributed by atoms with Crippen LogP contribution in [0.3, 0.4) is 0 Å². The molecule has 2 heterocycles. The van der Waals surface area contributed by atoms with E-state index >= 15 is 0 Å². The highest BCUT2D eigenvalue weighted by Crippen LogP contribution is 2.15. The Morgan fingerprint density at radius 1 is 1.38 bits per heavy atom. The molecule has 4 nitrogen and oxygen atoms in total. The van der Waals surface area contributed by atoms with E-state index in [1.54, 1.807) is 0 Å². The number of hydrogen-bond acceptors (Lipinski definition) is 3. The molecule has 0 radical (unpaired) electrons. The molecule has 4 heteroatoms. The van der Waals surface area contributed by atoms with Gasteiger partial charge in [0.2, 0.25) is 5.91 Å². The average Bonchev–Trinajstić information content (AvgIpc) is 2.88. The third-order valence-corrected chi connectivity index (χ3v) is 3.78. The molecule has 0 aromatic carbocycles. The monoisotopic (exact) mass is 225 g/mol. The van der Waals surface area contributed by atoms with Crippen LogP contribution in [0.4, 0.5) is 0 Å². The Morgan fingerprint density at radius 2 is 2.12 bits per heavy atom. The first-order chi connectivity index (χ1) is 7.77. The van der Waals surface area contributed by atoms with E-state index in [-0.39, 0.29) is 11.8 Å². The van der Waals surface area contributed by atoms with Gasteiger partial charge in [-0.2, -0.15) is 0 Å². The molecule has 2 aliphatic rings. The summed E-state index contributed by atoms with van der Waals surface area (Å²) in [5, 5.41) is 6.32. The van der Waals surface area contributed by atoms with E-state index in [4.69, 9.17) is 0 Å². The second kappa shape index (κ2) is 5.64. The van der Waals surface area contributed by atoms with Gasteiger partial charge in [0.25, 0.3) is 0 Å². The van der Waals surface area contributed by atoms with Crippen LogP contribution in [0.15, 0.2) is 0 Å². The number of nitrogens with zero attached hydrogens (tertiary/aromatic N) is 1. The first-order valence-electron chi connectivity index (χ1n) is 6.48. The largest absolute Gasteiger partial charge is 0.355 e. The third kappa shape index (κ3) is 2.95. The Bertz CT molecular complexity index is 238. The summed E-state index contributed by atoms with van der Waals surface area (Å²) >= 11 is 0. The molecule has 0 aliphatic carbocycles. The summed E-state index contributed by atoms with van der Waals surface area (Å²) in [6.07, 6.45) is 2.63. The van der Waals surface area contributed by atoms with Crippen LogP contribution in [0.25, 0.3) is 0 Å².